The van der Waals surface area contributed by atoms with Gasteiger partial charge in [-0.25, -0.2) is 9.48 Å². The van der Waals surface area contributed by atoms with Crippen LogP contribution in [0.15, 0.2) is 0 Å². The highest BCUT2D eigenvalue weighted by molar-refractivity contribution is 5.86. The van der Waals surface area contributed by atoms with Crippen LogP contribution in [0.4, 0.5) is 0 Å². The summed E-state index contributed by atoms with van der Waals surface area (Å²) in [4.78, 5) is 11.0. The molecule has 7 heteroatoms. The number of aliphatic hydroxyl groups excluding tert-OH is 1. The molecule has 7 nitrogen and oxygen atoms in total. The van der Waals surface area contributed by atoms with Gasteiger partial charge < -0.3 is 14.9 Å². The van der Waals surface area contributed by atoms with Crippen LogP contribution in [-0.4, -0.2) is 51.0 Å². The van der Waals surface area contributed by atoms with Crippen molar-refractivity contribution in [1.82, 2.24) is 15.0 Å². The van der Waals surface area contributed by atoms with E-state index in [1.807, 2.05) is 0 Å². The van der Waals surface area contributed by atoms with Crippen LogP contribution in [0.5, 0.6) is 0 Å². The molecule has 18 heavy (non-hydrogen) atoms. The maximum Gasteiger partial charge on any atom is 0.358 e. The van der Waals surface area contributed by atoms with Gasteiger partial charge in [-0.15, -0.1) is 5.10 Å². The molecule has 1 aromatic rings. The first-order valence-electron chi connectivity index (χ1n) is 6.06. The Labute approximate surface area is 104 Å². The molecule has 0 atom stereocenters. The predicted molar refractivity (Wildman–Crippen MR) is 61.3 cm³/mol. The minimum Gasteiger partial charge on any atom is -0.476 e. The SMILES string of the molecule is O=C(O)c1nnn(CCOCCO)c1CC1CC1. The lowest BCUT2D eigenvalue weighted by atomic mass is 10.2. The highest BCUT2D eigenvalue weighted by atomic mass is 16.5. The van der Waals surface area contributed by atoms with Gasteiger partial charge in [0.25, 0.3) is 0 Å². The first kappa shape index (κ1) is 13.0. The Morgan fingerprint density at radius 2 is 2.22 bits per heavy atom. The van der Waals surface area contributed by atoms with E-state index >= 15 is 0 Å². The molecule has 1 aliphatic rings. The largest absolute Gasteiger partial charge is 0.476 e. The van der Waals surface area contributed by atoms with Gasteiger partial charge in [0, 0.05) is 0 Å². The number of nitrogens with zero attached hydrogens (tertiary/aromatic N) is 3. The highest BCUT2D eigenvalue weighted by Gasteiger charge is 2.27. The fourth-order valence-electron chi connectivity index (χ4n) is 1.79. The van der Waals surface area contributed by atoms with Crippen molar-refractivity contribution in [3.63, 3.8) is 0 Å². The zero-order valence-electron chi connectivity index (χ0n) is 10.1. The van der Waals surface area contributed by atoms with Crippen molar-refractivity contribution in [3.05, 3.63) is 11.4 Å². The number of carbonyl (C=O) groups is 1. The Balaban J connectivity index is 2.00. The van der Waals surface area contributed by atoms with E-state index in [4.69, 9.17) is 14.9 Å². The van der Waals surface area contributed by atoms with Gasteiger partial charge in [0.15, 0.2) is 5.69 Å². The second-order valence-electron chi connectivity index (χ2n) is 4.40. The predicted octanol–water partition coefficient (Wildman–Crippen LogP) is -0.0623. The molecule has 0 aromatic carbocycles. The molecule has 1 fully saturated rings. The Morgan fingerprint density at radius 1 is 1.44 bits per heavy atom. The van der Waals surface area contributed by atoms with Gasteiger partial charge in [-0.05, 0) is 25.2 Å². The van der Waals surface area contributed by atoms with E-state index in [0.29, 0.717) is 31.2 Å². The summed E-state index contributed by atoms with van der Waals surface area (Å²) in [6, 6.07) is 0. The molecule has 0 amide bonds. The number of carboxylic acid groups (broad SMARTS) is 1. The highest BCUT2D eigenvalue weighted by Crippen LogP contribution is 2.33. The maximum atomic E-state index is 11.0. The number of aliphatic hydroxyl groups is 1. The van der Waals surface area contributed by atoms with Gasteiger partial charge in [0.1, 0.15) is 0 Å². The number of hydrogen-bond acceptors (Lipinski definition) is 5. The van der Waals surface area contributed by atoms with Crippen LogP contribution >= 0.6 is 0 Å². The Bertz CT molecular complexity index is 414. The number of ether oxygens (including phenoxy) is 1. The fraction of sp³-hybridized carbons (Fsp3) is 0.727. The van der Waals surface area contributed by atoms with Gasteiger partial charge in [0.2, 0.25) is 0 Å². The molecule has 2 N–H and O–H groups in total. The van der Waals surface area contributed by atoms with Crippen molar-refractivity contribution in [2.24, 2.45) is 5.92 Å². The van der Waals surface area contributed by atoms with Crippen molar-refractivity contribution in [3.8, 4) is 0 Å². The van der Waals surface area contributed by atoms with Crippen molar-refractivity contribution in [2.75, 3.05) is 19.8 Å². The Kier molecular flexibility index (Phi) is 4.27. The lowest BCUT2D eigenvalue weighted by Gasteiger charge is -2.06. The van der Waals surface area contributed by atoms with Gasteiger partial charge >= 0.3 is 5.97 Å². The van der Waals surface area contributed by atoms with E-state index in [1.54, 1.807) is 4.68 Å². The van der Waals surface area contributed by atoms with Gasteiger partial charge in [-0.2, -0.15) is 0 Å². The Hall–Kier alpha value is -1.47. The summed E-state index contributed by atoms with van der Waals surface area (Å²) in [5, 5.41) is 25.2. The van der Waals surface area contributed by atoms with Crippen LogP contribution in [0.2, 0.25) is 0 Å². The van der Waals surface area contributed by atoms with Crippen molar-refractivity contribution in [2.45, 2.75) is 25.8 Å². The minimum atomic E-state index is -1.03. The summed E-state index contributed by atoms with van der Waals surface area (Å²) in [5.41, 5.74) is 0.724. The van der Waals surface area contributed by atoms with E-state index in [9.17, 15) is 4.79 Å². The molecule has 0 spiro atoms. The van der Waals surface area contributed by atoms with Gasteiger partial charge in [-0.1, -0.05) is 5.21 Å². The number of rotatable bonds is 8. The third-order valence-electron chi connectivity index (χ3n) is 2.90. The van der Waals surface area contributed by atoms with Crippen LogP contribution in [0.3, 0.4) is 0 Å². The third-order valence-corrected chi connectivity index (χ3v) is 2.90. The van der Waals surface area contributed by atoms with Crippen molar-refractivity contribution in [1.29, 1.82) is 0 Å². The molecule has 0 saturated heterocycles. The topological polar surface area (TPSA) is 97.5 Å². The van der Waals surface area contributed by atoms with Crippen LogP contribution in [0.1, 0.15) is 29.0 Å². The van der Waals surface area contributed by atoms with E-state index in [1.165, 1.54) is 0 Å². The molecule has 0 unspecified atom stereocenters. The second kappa shape index (κ2) is 5.92. The average molecular weight is 255 g/mol. The average Bonchev–Trinajstić information content (AvgIpc) is 3.05. The molecule has 1 heterocycles. The standard InChI is InChI=1S/C11H17N3O4/c15-4-6-18-5-3-14-9(7-8-1-2-8)10(11(16)17)12-13-14/h8,15H,1-7H2,(H,16,17). The Morgan fingerprint density at radius 3 is 2.83 bits per heavy atom. The summed E-state index contributed by atoms with van der Waals surface area (Å²) >= 11 is 0. The molecule has 100 valence electrons. The number of carboxylic acids is 1. The molecule has 1 aliphatic carbocycles. The van der Waals surface area contributed by atoms with E-state index in [-0.39, 0.29) is 18.9 Å². The molecular weight excluding hydrogens is 238 g/mol. The molecule has 2 rings (SSSR count). The molecule has 1 saturated carbocycles. The molecule has 0 radical (unpaired) electrons. The van der Waals surface area contributed by atoms with Crippen molar-refractivity contribution < 1.29 is 19.7 Å². The van der Waals surface area contributed by atoms with Crippen LogP contribution in [0.25, 0.3) is 0 Å². The molecule has 0 bridgehead atoms. The smallest absolute Gasteiger partial charge is 0.358 e. The number of hydrogen-bond donors (Lipinski definition) is 2. The zero-order chi connectivity index (χ0) is 13.0. The number of aromatic nitrogens is 3. The quantitative estimate of drug-likeness (QED) is 0.631. The fourth-order valence-corrected chi connectivity index (χ4v) is 1.79. The van der Waals surface area contributed by atoms with Crippen molar-refractivity contribution >= 4 is 5.97 Å². The van der Waals surface area contributed by atoms with Crippen LogP contribution < -0.4 is 0 Å². The van der Waals surface area contributed by atoms with Crippen LogP contribution in [0, 0.1) is 5.92 Å². The second-order valence-corrected chi connectivity index (χ2v) is 4.40. The minimum absolute atomic E-state index is 0.0212. The zero-order valence-corrected chi connectivity index (χ0v) is 10.1. The number of aromatic carboxylic acids is 1. The molecule has 0 aliphatic heterocycles. The third kappa shape index (κ3) is 3.27. The van der Waals surface area contributed by atoms with Gasteiger partial charge in [0.05, 0.1) is 32.1 Å². The first-order chi connectivity index (χ1) is 8.72. The summed E-state index contributed by atoms with van der Waals surface area (Å²) in [7, 11) is 0. The van der Waals surface area contributed by atoms with E-state index in [2.05, 4.69) is 10.3 Å². The summed E-state index contributed by atoms with van der Waals surface area (Å²) < 4.78 is 6.74. The first-order valence-corrected chi connectivity index (χ1v) is 6.06. The summed E-state index contributed by atoms with van der Waals surface area (Å²) in [6.45, 7) is 1.11. The van der Waals surface area contributed by atoms with E-state index in [0.717, 1.165) is 12.8 Å². The molecular formula is C11H17N3O4. The normalized spacial score (nSPS) is 14.9. The lowest BCUT2D eigenvalue weighted by Crippen LogP contribution is -2.14. The lowest BCUT2D eigenvalue weighted by molar-refractivity contribution is 0.0688. The summed E-state index contributed by atoms with van der Waals surface area (Å²) in [6.07, 6.45) is 3.01. The van der Waals surface area contributed by atoms with Gasteiger partial charge in [-0.3, -0.25) is 0 Å². The summed E-state index contributed by atoms with van der Waals surface area (Å²) in [5.74, 6) is -0.466. The monoisotopic (exact) mass is 255 g/mol. The van der Waals surface area contributed by atoms with Crippen LogP contribution in [-0.2, 0) is 17.7 Å². The maximum absolute atomic E-state index is 11.0. The van der Waals surface area contributed by atoms with E-state index < -0.39 is 5.97 Å². The molecule has 1 aromatic heterocycles.